The summed E-state index contributed by atoms with van der Waals surface area (Å²) in [6, 6.07) is 7.71. The van der Waals surface area contributed by atoms with Gasteiger partial charge in [0, 0.05) is 26.3 Å². The van der Waals surface area contributed by atoms with Crippen LogP contribution in [0.4, 0.5) is 10.5 Å². The summed E-state index contributed by atoms with van der Waals surface area (Å²) in [5, 5.41) is 0. The molecule has 1 fully saturated rings. The van der Waals surface area contributed by atoms with Gasteiger partial charge in [-0.3, -0.25) is 4.79 Å². The van der Waals surface area contributed by atoms with Crippen LogP contribution in [0.25, 0.3) is 6.08 Å². The molecule has 0 aromatic heterocycles. The van der Waals surface area contributed by atoms with E-state index in [1.165, 1.54) is 17.7 Å². The third kappa shape index (κ3) is 4.60. The Morgan fingerprint density at radius 1 is 1.04 bits per heavy atom. The Morgan fingerprint density at radius 2 is 1.71 bits per heavy atom. The number of cyclic esters (lactones) is 1. The topological polar surface area (TPSA) is 49.9 Å². The molecule has 1 aliphatic rings. The van der Waals surface area contributed by atoms with Crippen LogP contribution in [0.15, 0.2) is 30.0 Å². The first-order chi connectivity index (χ1) is 11.5. The van der Waals surface area contributed by atoms with Gasteiger partial charge in [-0.2, -0.15) is 0 Å². The van der Waals surface area contributed by atoms with Gasteiger partial charge in [0.15, 0.2) is 5.76 Å². The Hall–Kier alpha value is -2.30. The fraction of sp³-hybridized carbons (Fsp3) is 0.474. The average molecular weight is 330 g/mol. The van der Waals surface area contributed by atoms with Crippen LogP contribution in [0.5, 0.6) is 0 Å². The second-order valence-corrected chi connectivity index (χ2v) is 6.23. The highest BCUT2D eigenvalue weighted by molar-refractivity contribution is 6.09. The molecule has 1 aromatic rings. The van der Waals surface area contributed by atoms with Crippen molar-refractivity contribution in [1.29, 1.82) is 0 Å². The molecule has 5 nitrogen and oxygen atoms in total. The second kappa shape index (κ2) is 8.52. The SMILES string of the molecule is CCCCCCCN1C(=O)OC(=Cc2ccc(N(C)C)cc2)C1=O. The number of rotatable bonds is 8. The van der Waals surface area contributed by atoms with E-state index in [9.17, 15) is 9.59 Å². The van der Waals surface area contributed by atoms with Crippen LogP contribution in [0.2, 0.25) is 0 Å². The lowest BCUT2D eigenvalue weighted by Gasteiger charge is -2.11. The molecular weight excluding hydrogens is 304 g/mol. The number of imide groups is 1. The first-order valence-electron chi connectivity index (χ1n) is 8.55. The number of benzene rings is 1. The van der Waals surface area contributed by atoms with Gasteiger partial charge >= 0.3 is 6.09 Å². The molecular formula is C19H26N2O3. The predicted octanol–water partition coefficient (Wildman–Crippen LogP) is 4.04. The minimum absolute atomic E-state index is 0.103. The maximum absolute atomic E-state index is 12.3. The molecule has 1 aliphatic heterocycles. The molecule has 0 radical (unpaired) electrons. The summed E-state index contributed by atoms with van der Waals surface area (Å²) in [5.74, 6) is -0.238. The number of amides is 2. The molecule has 2 rings (SSSR count). The average Bonchev–Trinajstić information content (AvgIpc) is 2.82. The molecule has 1 saturated heterocycles. The Kier molecular flexibility index (Phi) is 6.41. The zero-order valence-corrected chi connectivity index (χ0v) is 14.7. The van der Waals surface area contributed by atoms with E-state index in [1.807, 2.05) is 43.3 Å². The molecule has 1 aromatic carbocycles. The van der Waals surface area contributed by atoms with Crippen molar-refractivity contribution in [1.82, 2.24) is 4.90 Å². The lowest BCUT2D eigenvalue weighted by atomic mass is 10.1. The van der Waals surface area contributed by atoms with Crippen LogP contribution < -0.4 is 4.90 Å². The standard InChI is InChI=1S/C19H26N2O3/c1-4-5-6-7-8-13-21-18(22)17(24-19(21)23)14-15-9-11-16(12-10-15)20(2)3/h9-12,14H,4-8,13H2,1-3H3. The quantitative estimate of drug-likeness (QED) is 0.533. The molecule has 0 unspecified atom stereocenters. The van der Waals surface area contributed by atoms with Gasteiger partial charge in [0.1, 0.15) is 0 Å². The van der Waals surface area contributed by atoms with Crippen LogP contribution in [0.1, 0.15) is 44.6 Å². The lowest BCUT2D eigenvalue weighted by molar-refractivity contribution is -0.123. The highest BCUT2D eigenvalue weighted by atomic mass is 16.6. The van der Waals surface area contributed by atoms with Gasteiger partial charge in [0.25, 0.3) is 5.91 Å². The van der Waals surface area contributed by atoms with Gasteiger partial charge < -0.3 is 9.64 Å². The fourth-order valence-electron chi connectivity index (χ4n) is 2.59. The predicted molar refractivity (Wildman–Crippen MR) is 95.7 cm³/mol. The maximum atomic E-state index is 12.3. The van der Waals surface area contributed by atoms with E-state index < -0.39 is 6.09 Å². The molecule has 0 saturated carbocycles. The Morgan fingerprint density at radius 3 is 2.33 bits per heavy atom. The lowest BCUT2D eigenvalue weighted by Crippen LogP contribution is -2.29. The van der Waals surface area contributed by atoms with Crippen molar-refractivity contribution < 1.29 is 14.3 Å². The molecule has 5 heteroatoms. The molecule has 2 amide bonds. The van der Waals surface area contributed by atoms with E-state index >= 15 is 0 Å². The van der Waals surface area contributed by atoms with Crippen molar-refractivity contribution >= 4 is 23.8 Å². The van der Waals surface area contributed by atoms with Gasteiger partial charge in [-0.25, -0.2) is 9.69 Å². The van der Waals surface area contributed by atoms with Gasteiger partial charge in [0.2, 0.25) is 0 Å². The smallest absolute Gasteiger partial charge is 0.404 e. The van der Waals surface area contributed by atoms with Crippen LogP contribution in [-0.4, -0.2) is 37.5 Å². The molecule has 130 valence electrons. The highest BCUT2D eigenvalue weighted by Crippen LogP contribution is 2.21. The van der Waals surface area contributed by atoms with Crippen molar-refractivity contribution in [2.75, 3.05) is 25.5 Å². The summed E-state index contributed by atoms with van der Waals surface area (Å²) in [5.41, 5.74) is 1.90. The number of hydrogen-bond donors (Lipinski definition) is 0. The Bertz CT molecular complexity index is 606. The van der Waals surface area contributed by atoms with Crippen molar-refractivity contribution in [3.63, 3.8) is 0 Å². The molecule has 1 heterocycles. The first kappa shape index (κ1) is 18.0. The van der Waals surface area contributed by atoms with Crippen molar-refractivity contribution in [2.24, 2.45) is 0 Å². The van der Waals surface area contributed by atoms with Crippen molar-refractivity contribution in [3.05, 3.63) is 35.6 Å². The maximum Gasteiger partial charge on any atom is 0.422 e. The number of carbonyl (C=O) groups is 2. The fourth-order valence-corrected chi connectivity index (χ4v) is 2.59. The summed E-state index contributed by atoms with van der Waals surface area (Å²) in [4.78, 5) is 27.4. The third-order valence-electron chi connectivity index (χ3n) is 4.07. The molecule has 24 heavy (non-hydrogen) atoms. The van der Waals surface area contributed by atoms with E-state index in [-0.39, 0.29) is 11.7 Å². The van der Waals surface area contributed by atoms with Gasteiger partial charge in [-0.15, -0.1) is 0 Å². The van der Waals surface area contributed by atoms with Crippen LogP contribution in [0.3, 0.4) is 0 Å². The minimum atomic E-state index is -0.563. The molecule has 0 bridgehead atoms. The summed E-state index contributed by atoms with van der Waals surface area (Å²) in [7, 11) is 3.93. The molecule has 0 aliphatic carbocycles. The molecule has 0 N–H and O–H groups in total. The number of ether oxygens (including phenoxy) is 1. The van der Waals surface area contributed by atoms with E-state index in [4.69, 9.17) is 4.74 Å². The van der Waals surface area contributed by atoms with Gasteiger partial charge in [0.05, 0.1) is 0 Å². The monoisotopic (exact) mass is 330 g/mol. The van der Waals surface area contributed by atoms with Crippen LogP contribution in [-0.2, 0) is 9.53 Å². The van der Waals surface area contributed by atoms with Crippen molar-refractivity contribution in [3.8, 4) is 0 Å². The number of carbonyl (C=O) groups excluding carboxylic acids is 2. The molecule has 0 spiro atoms. The van der Waals surface area contributed by atoms with Gasteiger partial charge in [-0.05, 0) is 30.2 Å². The van der Waals surface area contributed by atoms with Gasteiger partial charge in [-0.1, -0.05) is 44.7 Å². The summed E-state index contributed by atoms with van der Waals surface area (Å²) < 4.78 is 5.13. The number of anilines is 1. The summed E-state index contributed by atoms with van der Waals surface area (Å²) in [6.45, 7) is 2.59. The summed E-state index contributed by atoms with van der Waals surface area (Å²) >= 11 is 0. The first-order valence-corrected chi connectivity index (χ1v) is 8.55. The van der Waals surface area contributed by atoms with E-state index in [0.717, 1.165) is 30.5 Å². The van der Waals surface area contributed by atoms with E-state index in [1.54, 1.807) is 6.08 Å². The third-order valence-corrected chi connectivity index (χ3v) is 4.07. The van der Waals surface area contributed by atoms with Crippen molar-refractivity contribution in [2.45, 2.75) is 39.0 Å². The zero-order chi connectivity index (χ0) is 17.5. The largest absolute Gasteiger partial charge is 0.422 e. The van der Waals surface area contributed by atoms with Crippen LogP contribution >= 0.6 is 0 Å². The highest BCUT2D eigenvalue weighted by Gasteiger charge is 2.35. The summed E-state index contributed by atoms with van der Waals surface area (Å²) in [6.07, 6.45) is 6.40. The minimum Gasteiger partial charge on any atom is -0.404 e. The normalized spacial score (nSPS) is 16.0. The Labute approximate surface area is 143 Å². The molecule has 0 atom stereocenters. The van der Waals surface area contributed by atoms with E-state index in [0.29, 0.717) is 6.54 Å². The van der Waals surface area contributed by atoms with E-state index in [2.05, 4.69) is 6.92 Å². The number of nitrogens with zero attached hydrogens (tertiary/aromatic N) is 2. The van der Waals surface area contributed by atoms with Crippen LogP contribution in [0, 0.1) is 0 Å². The number of unbranched alkanes of at least 4 members (excludes halogenated alkanes) is 4. The second-order valence-electron chi connectivity index (χ2n) is 6.23. The zero-order valence-electron chi connectivity index (χ0n) is 14.7. The Balaban J connectivity index is 1.97. The number of hydrogen-bond acceptors (Lipinski definition) is 4.